The molecule has 0 atom stereocenters. The number of unbranched alkanes of at least 4 members (excludes halogenated alkanes) is 5. The lowest BCUT2D eigenvalue weighted by Crippen LogP contribution is -2.30. The molecule has 0 spiro atoms. The van der Waals surface area contributed by atoms with Gasteiger partial charge >= 0.3 is 0 Å². The lowest BCUT2D eigenvalue weighted by Gasteiger charge is -2.13. The highest BCUT2D eigenvalue weighted by molar-refractivity contribution is 6.12. The van der Waals surface area contributed by atoms with Crippen molar-refractivity contribution in [1.82, 2.24) is 9.96 Å². The van der Waals surface area contributed by atoms with Crippen molar-refractivity contribution < 1.29 is 24.0 Å². The van der Waals surface area contributed by atoms with Crippen molar-refractivity contribution >= 4 is 23.6 Å². The third kappa shape index (κ3) is 4.99. The van der Waals surface area contributed by atoms with Crippen molar-refractivity contribution in [2.75, 3.05) is 13.2 Å². The number of hydroxylamine groups is 2. The minimum absolute atomic E-state index is 0.224. The van der Waals surface area contributed by atoms with Crippen LogP contribution < -0.4 is 0 Å². The van der Waals surface area contributed by atoms with Gasteiger partial charge in [-0.05, 0) is 12.8 Å². The molecule has 1 saturated heterocycles. The Labute approximate surface area is 135 Å². The van der Waals surface area contributed by atoms with E-state index in [4.69, 9.17) is 4.84 Å². The molecule has 0 radical (unpaired) electrons. The van der Waals surface area contributed by atoms with E-state index in [9.17, 15) is 19.2 Å². The molecule has 1 fully saturated rings. The van der Waals surface area contributed by atoms with Crippen LogP contribution >= 0.6 is 0 Å². The van der Waals surface area contributed by atoms with Gasteiger partial charge in [0.15, 0.2) is 0 Å². The summed E-state index contributed by atoms with van der Waals surface area (Å²) in [5.41, 5.74) is 0. The van der Waals surface area contributed by atoms with Crippen LogP contribution in [0.4, 0.5) is 0 Å². The average molecular weight is 322 g/mol. The third-order valence-electron chi connectivity index (χ3n) is 3.90. The van der Waals surface area contributed by atoms with E-state index in [2.05, 4.69) is 0 Å². The lowest BCUT2D eigenvalue weighted by molar-refractivity contribution is -0.187. The van der Waals surface area contributed by atoms with Crippen molar-refractivity contribution in [2.45, 2.75) is 51.4 Å². The van der Waals surface area contributed by atoms with Gasteiger partial charge in [0, 0.05) is 31.5 Å². The molecule has 0 N–H and O–H groups in total. The molecule has 2 aliphatic heterocycles. The summed E-state index contributed by atoms with van der Waals surface area (Å²) in [5.74, 6) is -0.956. The first kappa shape index (κ1) is 17.3. The van der Waals surface area contributed by atoms with Crippen LogP contribution in [-0.2, 0) is 24.0 Å². The van der Waals surface area contributed by atoms with Gasteiger partial charge in [-0.2, -0.15) is 5.06 Å². The second-order valence-corrected chi connectivity index (χ2v) is 5.70. The molecule has 0 saturated carbocycles. The van der Waals surface area contributed by atoms with Crippen LogP contribution in [0.15, 0.2) is 12.2 Å². The first-order valence-corrected chi connectivity index (χ1v) is 8.12. The second kappa shape index (κ2) is 8.57. The van der Waals surface area contributed by atoms with Crippen molar-refractivity contribution in [2.24, 2.45) is 0 Å². The molecule has 2 aliphatic rings. The van der Waals surface area contributed by atoms with E-state index in [1.807, 2.05) is 0 Å². The normalized spacial score (nSPS) is 17.9. The first-order valence-electron chi connectivity index (χ1n) is 8.12. The summed E-state index contributed by atoms with van der Waals surface area (Å²) in [6.45, 7) is 0.854. The molecular weight excluding hydrogens is 300 g/mol. The zero-order chi connectivity index (χ0) is 16.7. The predicted octanol–water partition coefficient (Wildman–Crippen LogP) is 1.33. The van der Waals surface area contributed by atoms with E-state index < -0.39 is 0 Å². The van der Waals surface area contributed by atoms with Crippen molar-refractivity contribution in [3.8, 4) is 0 Å². The molecule has 0 aromatic heterocycles. The van der Waals surface area contributed by atoms with Crippen molar-refractivity contribution in [1.29, 1.82) is 0 Å². The molecule has 0 aromatic carbocycles. The molecule has 4 amide bonds. The average Bonchev–Trinajstić information content (AvgIpc) is 3.02. The van der Waals surface area contributed by atoms with Crippen LogP contribution in [0.1, 0.15) is 51.4 Å². The second-order valence-electron chi connectivity index (χ2n) is 5.70. The molecular formula is C16H22N2O5. The molecule has 0 aliphatic carbocycles. The van der Waals surface area contributed by atoms with Crippen LogP contribution in [0.25, 0.3) is 0 Å². The maximum atomic E-state index is 11.3. The van der Waals surface area contributed by atoms with E-state index in [-0.39, 0.29) is 36.5 Å². The summed E-state index contributed by atoms with van der Waals surface area (Å²) < 4.78 is 0. The van der Waals surface area contributed by atoms with Crippen molar-refractivity contribution in [3.05, 3.63) is 12.2 Å². The Morgan fingerprint density at radius 2 is 1.30 bits per heavy atom. The van der Waals surface area contributed by atoms with Crippen LogP contribution in [0.5, 0.6) is 0 Å². The summed E-state index contributed by atoms with van der Waals surface area (Å²) in [7, 11) is 0. The Morgan fingerprint density at radius 1 is 0.783 bits per heavy atom. The predicted molar refractivity (Wildman–Crippen MR) is 80.6 cm³/mol. The number of hydrogen-bond donors (Lipinski definition) is 0. The third-order valence-corrected chi connectivity index (χ3v) is 3.90. The van der Waals surface area contributed by atoms with Crippen LogP contribution in [0.3, 0.4) is 0 Å². The van der Waals surface area contributed by atoms with Gasteiger partial charge in [0.1, 0.15) is 0 Å². The standard InChI is InChI=1S/C16H22N2O5/c19-13-7-8-14(20)17(13)11-5-3-1-2-4-6-12-23-18-15(21)9-10-16(18)22/h7-8H,1-6,9-12H2. The van der Waals surface area contributed by atoms with Gasteiger partial charge in [-0.25, -0.2) is 0 Å². The lowest BCUT2D eigenvalue weighted by atomic mass is 10.1. The summed E-state index contributed by atoms with van der Waals surface area (Å²) in [6.07, 6.45) is 8.66. The molecule has 7 heteroatoms. The number of hydrogen-bond acceptors (Lipinski definition) is 5. The SMILES string of the molecule is O=C1C=CC(=O)N1CCCCCCCCON1C(=O)CCC1=O. The topological polar surface area (TPSA) is 84.0 Å². The van der Waals surface area contributed by atoms with Gasteiger partial charge in [-0.3, -0.25) is 28.9 Å². The zero-order valence-corrected chi connectivity index (χ0v) is 13.2. The fourth-order valence-electron chi connectivity index (χ4n) is 2.59. The number of rotatable bonds is 10. The maximum Gasteiger partial charge on any atom is 0.253 e. The molecule has 0 aromatic rings. The largest absolute Gasteiger partial charge is 0.275 e. The Hall–Kier alpha value is -2.02. The fraction of sp³-hybridized carbons (Fsp3) is 0.625. The molecule has 0 bridgehead atoms. The molecule has 23 heavy (non-hydrogen) atoms. The number of nitrogens with zero attached hydrogens (tertiary/aromatic N) is 2. The molecule has 7 nitrogen and oxygen atoms in total. The zero-order valence-electron chi connectivity index (χ0n) is 13.2. The molecule has 2 rings (SSSR count). The maximum absolute atomic E-state index is 11.3. The summed E-state index contributed by atoms with van der Waals surface area (Å²) in [5, 5.41) is 0.887. The van der Waals surface area contributed by atoms with E-state index in [1.165, 1.54) is 17.1 Å². The van der Waals surface area contributed by atoms with Crippen molar-refractivity contribution in [3.63, 3.8) is 0 Å². The van der Waals surface area contributed by atoms with Crippen LogP contribution in [-0.4, -0.2) is 46.7 Å². The molecule has 2 heterocycles. The highest BCUT2D eigenvalue weighted by Gasteiger charge is 2.29. The summed E-state index contributed by atoms with van der Waals surface area (Å²) in [4.78, 5) is 51.7. The van der Waals surface area contributed by atoms with Crippen LogP contribution in [0, 0.1) is 0 Å². The van der Waals surface area contributed by atoms with Gasteiger partial charge in [-0.15, -0.1) is 0 Å². The molecule has 0 unspecified atom stereocenters. The van der Waals surface area contributed by atoms with Gasteiger partial charge < -0.3 is 0 Å². The van der Waals surface area contributed by atoms with E-state index >= 15 is 0 Å². The van der Waals surface area contributed by atoms with E-state index in [1.54, 1.807) is 0 Å². The summed E-state index contributed by atoms with van der Waals surface area (Å²) in [6, 6.07) is 0. The first-order chi connectivity index (χ1) is 11.1. The monoisotopic (exact) mass is 322 g/mol. The quantitative estimate of drug-likeness (QED) is 0.447. The fourth-order valence-corrected chi connectivity index (χ4v) is 2.59. The Balaban J connectivity index is 1.43. The summed E-state index contributed by atoms with van der Waals surface area (Å²) >= 11 is 0. The minimum atomic E-state index is -0.254. The highest BCUT2D eigenvalue weighted by Crippen LogP contribution is 2.13. The minimum Gasteiger partial charge on any atom is -0.275 e. The van der Waals surface area contributed by atoms with Gasteiger partial charge in [0.05, 0.1) is 6.61 Å². The van der Waals surface area contributed by atoms with Gasteiger partial charge in [-0.1, -0.05) is 25.7 Å². The molecule has 126 valence electrons. The number of carbonyl (C=O) groups is 4. The Bertz CT molecular complexity index is 473. The number of amides is 4. The Morgan fingerprint density at radius 3 is 1.91 bits per heavy atom. The van der Waals surface area contributed by atoms with Gasteiger partial charge in [0.25, 0.3) is 23.6 Å². The number of carbonyl (C=O) groups excluding carboxylic acids is 4. The number of imide groups is 2. The highest BCUT2D eigenvalue weighted by atomic mass is 16.7. The van der Waals surface area contributed by atoms with E-state index in [0.29, 0.717) is 13.2 Å². The van der Waals surface area contributed by atoms with E-state index in [0.717, 1.165) is 43.6 Å². The van der Waals surface area contributed by atoms with Crippen LogP contribution in [0.2, 0.25) is 0 Å². The van der Waals surface area contributed by atoms with Gasteiger partial charge in [0.2, 0.25) is 0 Å². The Kier molecular flexibility index (Phi) is 6.46. The smallest absolute Gasteiger partial charge is 0.253 e.